The molecule has 3 aromatic rings. The summed E-state index contributed by atoms with van der Waals surface area (Å²) in [5.41, 5.74) is 6.72. The van der Waals surface area contributed by atoms with Gasteiger partial charge in [-0.15, -0.1) is 0 Å². The molecule has 7 nitrogen and oxygen atoms in total. The highest BCUT2D eigenvalue weighted by atomic mass is 16.7. The molecule has 1 saturated carbocycles. The van der Waals surface area contributed by atoms with Gasteiger partial charge >= 0.3 is 0 Å². The van der Waals surface area contributed by atoms with E-state index < -0.39 is 5.79 Å². The van der Waals surface area contributed by atoms with E-state index in [1.807, 2.05) is 45.0 Å². The smallest absolute Gasteiger partial charge is 0.254 e. The molecule has 6 rings (SSSR count). The van der Waals surface area contributed by atoms with Crippen molar-refractivity contribution in [2.45, 2.75) is 78.2 Å². The average Bonchev–Trinajstić information content (AvgIpc) is 3.31. The first-order valence-corrected chi connectivity index (χ1v) is 14.9. The van der Waals surface area contributed by atoms with E-state index >= 15 is 0 Å². The molecule has 3 heterocycles. The molecule has 7 heteroatoms. The summed E-state index contributed by atoms with van der Waals surface area (Å²) >= 11 is 0. The fourth-order valence-corrected chi connectivity index (χ4v) is 7.19. The molecule has 216 valence electrons. The minimum Gasteiger partial charge on any atom is -0.448 e. The lowest BCUT2D eigenvalue weighted by molar-refractivity contribution is -0.123. The lowest BCUT2D eigenvalue weighted by Gasteiger charge is -2.39. The quantitative estimate of drug-likeness (QED) is 0.433. The van der Waals surface area contributed by atoms with Crippen LogP contribution >= 0.6 is 0 Å². The van der Waals surface area contributed by atoms with Crippen molar-refractivity contribution >= 4 is 5.91 Å². The summed E-state index contributed by atoms with van der Waals surface area (Å²) in [6.07, 6.45) is 4.97. The topological polar surface area (TPSA) is 74.9 Å². The van der Waals surface area contributed by atoms with Crippen molar-refractivity contribution in [1.82, 2.24) is 14.8 Å². The van der Waals surface area contributed by atoms with Crippen molar-refractivity contribution in [3.8, 4) is 22.6 Å². The van der Waals surface area contributed by atoms with Crippen LogP contribution in [0, 0.1) is 26.7 Å². The molecule has 0 spiro atoms. The van der Waals surface area contributed by atoms with Crippen molar-refractivity contribution in [2.75, 3.05) is 20.6 Å². The molecule has 1 amide bonds. The number of hydrogen-bond donors (Lipinski definition) is 1. The van der Waals surface area contributed by atoms with Gasteiger partial charge in [-0.1, -0.05) is 30.3 Å². The Morgan fingerprint density at radius 2 is 1.66 bits per heavy atom. The SMILES string of the molecule is Cc1cc(C)c(CN2CCc3c(c(C)c4c(c3-c3ccccc3)OC(C)([C@H]3CC[C@H](N(C)C)CC3)O4)C2=O)c(=O)[nH]1. The number of amides is 1. The van der Waals surface area contributed by atoms with Crippen LogP contribution in [-0.4, -0.2) is 53.2 Å². The second-order valence-corrected chi connectivity index (χ2v) is 12.5. The van der Waals surface area contributed by atoms with E-state index in [4.69, 9.17) is 9.47 Å². The number of nitrogens with one attached hydrogen (secondary N) is 1. The number of aryl methyl sites for hydroxylation is 2. The third kappa shape index (κ3) is 4.74. The summed E-state index contributed by atoms with van der Waals surface area (Å²) in [5.74, 6) is 0.852. The molecule has 0 radical (unpaired) electrons. The number of nitrogens with zero attached hydrogens (tertiary/aromatic N) is 2. The van der Waals surface area contributed by atoms with E-state index in [2.05, 4.69) is 43.0 Å². The molecule has 41 heavy (non-hydrogen) atoms. The van der Waals surface area contributed by atoms with Crippen LogP contribution in [0.25, 0.3) is 11.1 Å². The fourth-order valence-electron chi connectivity index (χ4n) is 7.19. The van der Waals surface area contributed by atoms with Crippen molar-refractivity contribution < 1.29 is 14.3 Å². The highest BCUT2D eigenvalue weighted by molar-refractivity contribution is 6.02. The maximum Gasteiger partial charge on any atom is 0.254 e. The highest BCUT2D eigenvalue weighted by Crippen LogP contribution is 2.55. The van der Waals surface area contributed by atoms with E-state index in [1.54, 1.807) is 4.90 Å². The summed E-state index contributed by atoms with van der Waals surface area (Å²) in [5, 5.41) is 0. The number of rotatable bonds is 5. The van der Waals surface area contributed by atoms with Crippen LogP contribution in [0.2, 0.25) is 0 Å². The number of aromatic amines is 1. The molecular formula is C34H41N3O4. The summed E-state index contributed by atoms with van der Waals surface area (Å²) in [4.78, 5) is 34.0. The van der Waals surface area contributed by atoms with Gasteiger partial charge in [0.25, 0.3) is 17.3 Å². The molecule has 1 N–H and O–H groups in total. The van der Waals surface area contributed by atoms with Gasteiger partial charge in [-0.05, 0) is 89.7 Å². The fraction of sp³-hybridized carbons (Fsp3) is 0.471. The number of aromatic nitrogens is 1. The van der Waals surface area contributed by atoms with E-state index in [0.29, 0.717) is 35.9 Å². The van der Waals surface area contributed by atoms with Crippen molar-refractivity contribution in [3.05, 3.63) is 80.3 Å². The summed E-state index contributed by atoms with van der Waals surface area (Å²) < 4.78 is 13.6. The molecule has 2 aliphatic heterocycles. The van der Waals surface area contributed by atoms with Crippen LogP contribution in [0.1, 0.15) is 70.9 Å². The number of benzene rings is 2. The first kappa shape index (κ1) is 27.6. The maximum absolute atomic E-state index is 14.2. The normalized spacial score (nSPS) is 23.7. The second kappa shape index (κ2) is 10.4. The lowest BCUT2D eigenvalue weighted by atomic mass is 9.81. The Labute approximate surface area is 242 Å². The molecule has 0 saturated heterocycles. The van der Waals surface area contributed by atoms with Crippen LogP contribution in [0.4, 0.5) is 0 Å². The van der Waals surface area contributed by atoms with Crippen molar-refractivity contribution in [2.24, 2.45) is 5.92 Å². The number of carbonyl (C=O) groups excluding carboxylic acids is 1. The standard InChI is InChI=1S/C34H41N3O4/c1-20-18-21(2)35-32(38)27(20)19-37-17-16-26-28(33(37)39)22(3)30-31(29(26)23-10-8-7-9-11-23)41-34(4,40-30)24-12-14-25(15-13-24)36(5)6/h7-11,18,24-25H,12-17,19H2,1-6H3,(H,35,38)/t24-,25-,34?. The Balaban J connectivity index is 1.40. The van der Waals surface area contributed by atoms with Gasteiger partial charge in [0.2, 0.25) is 0 Å². The van der Waals surface area contributed by atoms with Gasteiger partial charge in [-0.2, -0.15) is 0 Å². The number of H-pyrrole nitrogens is 1. The Hall–Kier alpha value is -3.58. The molecule has 1 atom stereocenters. The first-order chi connectivity index (χ1) is 19.6. The monoisotopic (exact) mass is 555 g/mol. The lowest BCUT2D eigenvalue weighted by Crippen LogP contribution is -2.46. The summed E-state index contributed by atoms with van der Waals surface area (Å²) in [6.45, 7) is 8.67. The van der Waals surface area contributed by atoms with Crippen LogP contribution < -0.4 is 15.0 Å². The zero-order valence-corrected chi connectivity index (χ0v) is 25.1. The molecule has 1 fully saturated rings. The Morgan fingerprint density at radius 1 is 0.976 bits per heavy atom. The second-order valence-electron chi connectivity index (χ2n) is 12.5. The maximum atomic E-state index is 14.2. The molecule has 1 unspecified atom stereocenters. The average molecular weight is 556 g/mol. The van der Waals surface area contributed by atoms with Gasteiger partial charge in [0, 0.05) is 47.8 Å². The number of hydrogen-bond acceptors (Lipinski definition) is 5. The zero-order chi connectivity index (χ0) is 29.1. The Morgan fingerprint density at radius 3 is 2.32 bits per heavy atom. The van der Waals surface area contributed by atoms with E-state index in [0.717, 1.165) is 64.9 Å². The van der Waals surface area contributed by atoms with Crippen LogP contribution in [0.5, 0.6) is 11.5 Å². The molecule has 1 aliphatic carbocycles. The minimum atomic E-state index is -0.785. The largest absolute Gasteiger partial charge is 0.448 e. The first-order valence-electron chi connectivity index (χ1n) is 14.9. The van der Waals surface area contributed by atoms with E-state index in [1.165, 1.54) is 0 Å². The molecule has 3 aliphatic rings. The molecular weight excluding hydrogens is 514 g/mol. The summed E-state index contributed by atoms with van der Waals surface area (Å²) in [7, 11) is 4.31. The van der Waals surface area contributed by atoms with Crippen LogP contribution in [0.3, 0.4) is 0 Å². The Kier molecular flexibility index (Phi) is 6.97. The van der Waals surface area contributed by atoms with Gasteiger partial charge in [0.05, 0.1) is 12.1 Å². The van der Waals surface area contributed by atoms with Crippen LogP contribution in [-0.2, 0) is 13.0 Å². The number of pyridine rings is 1. The van der Waals surface area contributed by atoms with Crippen LogP contribution in [0.15, 0.2) is 41.2 Å². The highest BCUT2D eigenvalue weighted by Gasteiger charge is 2.49. The number of carbonyl (C=O) groups is 1. The van der Waals surface area contributed by atoms with E-state index in [-0.39, 0.29) is 23.9 Å². The van der Waals surface area contributed by atoms with Gasteiger partial charge in [-0.3, -0.25) is 9.59 Å². The summed E-state index contributed by atoms with van der Waals surface area (Å²) in [6, 6.07) is 12.8. The third-order valence-electron chi connectivity index (χ3n) is 9.57. The van der Waals surface area contributed by atoms with Gasteiger partial charge < -0.3 is 24.3 Å². The van der Waals surface area contributed by atoms with Gasteiger partial charge in [0.1, 0.15) is 0 Å². The molecule has 1 aromatic heterocycles. The zero-order valence-electron chi connectivity index (χ0n) is 25.1. The van der Waals surface area contributed by atoms with Crippen molar-refractivity contribution in [1.29, 1.82) is 0 Å². The van der Waals surface area contributed by atoms with Gasteiger partial charge in [-0.25, -0.2) is 0 Å². The third-order valence-corrected chi connectivity index (χ3v) is 9.57. The molecule has 2 aromatic carbocycles. The minimum absolute atomic E-state index is 0.0631. The molecule has 0 bridgehead atoms. The predicted octanol–water partition coefficient (Wildman–Crippen LogP) is 5.77. The number of ether oxygens (including phenoxy) is 2. The number of fused-ring (bicyclic) bond motifs is 2. The van der Waals surface area contributed by atoms with E-state index in [9.17, 15) is 9.59 Å². The predicted molar refractivity (Wildman–Crippen MR) is 161 cm³/mol. The van der Waals surface area contributed by atoms with Gasteiger partial charge in [0.15, 0.2) is 11.5 Å². The Bertz CT molecular complexity index is 1550. The van der Waals surface area contributed by atoms with Crippen molar-refractivity contribution in [3.63, 3.8) is 0 Å².